The van der Waals surface area contributed by atoms with Crippen LogP contribution in [0.15, 0.2) is 48.5 Å². The molecule has 3 rings (SSSR count). The van der Waals surface area contributed by atoms with Crippen LogP contribution in [-0.2, 0) is 0 Å². The Hall–Kier alpha value is -1.97. The number of halogens is 2. The number of H-pyrrole nitrogens is 1. The zero-order valence-electron chi connectivity index (χ0n) is 12.8. The van der Waals surface area contributed by atoms with Crippen LogP contribution in [0.4, 0.5) is 0 Å². The van der Waals surface area contributed by atoms with Crippen LogP contribution in [0.1, 0.15) is 13.8 Å². The van der Waals surface area contributed by atoms with Crippen molar-refractivity contribution < 1.29 is 4.74 Å². The molecular weight excluding hydrogens is 331 g/mol. The molecule has 3 nitrogen and oxygen atoms in total. The van der Waals surface area contributed by atoms with Gasteiger partial charge in [0.25, 0.3) is 0 Å². The molecule has 0 aliphatic carbocycles. The molecule has 23 heavy (non-hydrogen) atoms. The zero-order valence-corrected chi connectivity index (χ0v) is 14.3. The maximum atomic E-state index is 6.29. The van der Waals surface area contributed by atoms with Gasteiger partial charge in [0, 0.05) is 16.1 Å². The lowest BCUT2D eigenvalue weighted by Gasteiger charge is -2.11. The van der Waals surface area contributed by atoms with Gasteiger partial charge < -0.3 is 4.74 Å². The van der Waals surface area contributed by atoms with E-state index in [1.165, 1.54) is 0 Å². The molecule has 2 aromatic carbocycles. The van der Waals surface area contributed by atoms with Gasteiger partial charge in [-0.3, -0.25) is 5.10 Å². The van der Waals surface area contributed by atoms with E-state index in [2.05, 4.69) is 10.2 Å². The molecule has 1 N–H and O–H groups in total. The Bertz CT molecular complexity index is 827. The fraction of sp³-hybridized carbons (Fsp3) is 0.167. The predicted molar refractivity (Wildman–Crippen MR) is 95.2 cm³/mol. The number of ether oxygens (including phenoxy) is 1. The molecule has 118 valence electrons. The summed E-state index contributed by atoms with van der Waals surface area (Å²) in [7, 11) is 0. The Labute approximate surface area is 145 Å². The van der Waals surface area contributed by atoms with E-state index >= 15 is 0 Å². The number of nitrogens with zero attached hydrogens (tertiary/aromatic N) is 1. The first-order valence-electron chi connectivity index (χ1n) is 7.31. The molecule has 0 unspecified atom stereocenters. The van der Waals surface area contributed by atoms with Crippen LogP contribution in [0.3, 0.4) is 0 Å². The van der Waals surface area contributed by atoms with Crippen LogP contribution in [0, 0.1) is 0 Å². The minimum Gasteiger partial charge on any atom is -0.489 e. The number of aromatic amines is 1. The quantitative estimate of drug-likeness (QED) is 0.644. The summed E-state index contributed by atoms with van der Waals surface area (Å²) in [5, 5.41) is 8.62. The number of benzene rings is 2. The molecular formula is C18H16Cl2N2O. The van der Waals surface area contributed by atoms with Gasteiger partial charge in [-0.1, -0.05) is 41.4 Å². The maximum Gasteiger partial charge on any atom is 0.138 e. The molecule has 0 radical (unpaired) electrons. The molecule has 1 aromatic heterocycles. The third kappa shape index (κ3) is 3.52. The topological polar surface area (TPSA) is 37.9 Å². The molecule has 0 saturated heterocycles. The van der Waals surface area contributed by atoms with Gasteiger partial charge in [-0.15, -0.1) is 0 Å². The second kappa shape index (κ2) is 6.65. The standard InChI is InChI=1S/C18H16Cl2N2O/c1-11(2)23-18-8-7-12(9-15(18)20)16-10-17(22-21-16)13-5-3-4-6-14(13)19/h3-11H,1-2H3,(H,21,22). The summed E-state index contributed by atoms with van der Waals surface area (Å²) in [5.74, 6) is 0.673. The third-order valence-electron chi connectivity index (χ3n) is 3.33. The van der Waals surface area contributed by atoms with Crippen LogP contribution in [0.2, 0.25) is 10.0 Å². The molecule has 0 bridgehead atoms. The Balaban J connectivity index is 1.92. The lowest BCUT2D eigenvalue weighted by atomic mass is 10.1. The van der Waals surface area contributed by atoms with Crippen LogP contribution in [0.5, 0.6) is 5.75 Å². The number of nitrogens with one attached hydrogen (secondary N) is 1. The first-order chi connectivity index (χ1) is 11.0. The summed E-state index contributed by atoms with van der Waals surface area (Å²) in [5.41, 5.74) is 3.50. The van der Waals surface area contributed by atoms with Crippen molar-refractivity contribution in [1.82, 2.24) is 10.2 Å². The highest BCUT2D eigenvalue weighted by Gasteiger charge is 2.11. The number of hydrogen-bond donors (Lipinski definition) is 1. The number of hydrogen-bond acceptors (Lipinski definition) is 2. The SMILES string of the molecule is CC(C)Oc1ccc(-c2cc(-c3ccccc3Cl)[nH]n2)cc1Cl. The molecule has 0 saturated carbocycles. The lowest BCUT2D eigenvalue weighted by Crippen LogP contribution is -2.05. The average molecular weight is 347 g/mol. The van der Waals surface area contributed by atoms with E-state index in [9.17, 15) is 0 Å². The van der Waals surface area contributed by atoms with Crippen molar-refractivity contribution in [2.45, 2.75) is 20.0 Å². The van der Waals surface area contributed by atoms with Crippen molar-refractivity contribution in [2.24, 2.45) is 0 Å². The Morgan fingerprint density at radius 2 is 1.78 bits per heavy atom. The van der Waals surface area contributed by atoms with Gasteiger partial charge in [0.05, 0.1) is 22.5 Å². The van der Waals surface area contributed by atoms with Gasteiger partial charge in [0.1, 0.15) is 5.75 Å². The van der Waals surface area contributed by atoms with Gasteiger partial charge in [-0.25, -0.2) is 0 Å². The summed E-state index contributed by atoms with van der Waals surface area (Å²) in [6, 6.07) is 15.3. The van der Waals surface area contributed by atoms with Crippen LogP contribution < -0.4 is 4.74 Å². The highest BCUT2D eigenvalue weighted by Crippen LogP contribution is 2.33. The Kier molecular flexibility index (Phi) is 4.60. The van der Waals surface area contributed by atoms with Crippen LogP contribution >= 0.6 is 23.2 Å². The molecule has 0 spiro atoms. The Morgan fingerprint density at radius 3 is 2.48 bits per heavy atom. The summed E-state index contributed by atoms with van der Waals surface area (Å²) in [6.45, 7) is 3.93. The van der Waals surface area contributed by atoms with E-state index in [1.807, 2.05) is 62.4 Å². The summed E-state index contributed by atoms with van der Waals surface area (Å²) in [6.07, 6.45) is 0.0792. The van der Waals surface area contributed by atoms with Crippen molar-refractivity contribution in [3.8, 4) is 28.3 Å². The fourth-order valence-corrected chi connectivity index (χ4v) is 2.76. The molecule has 0 amide bonds. The molecule has 3 aromatic rings. The van der Waals surface area contributed by atoms with Gasteiger partial charge in [0.2, 0.25) is 0 Å². The minimum absolute atomic E-state index is 0.0792. The van der Waals surface area contributed by atoms with Gasteiger partial charge in [-0.2, -0.15) is 5.10 Å². The molecule has 5 heteroatoms. The Morgan fingerprint density at radius 1 is 1.00 bits per heavy atom. The first-order valence-corrected chi connectivity index (χ1v) is 8.07. The van der Waals surface area contributed by atoms with Crippen molar-refractivity contribution in [2.75, 3.05) is 0 Å². The highest BCUT2D eigenvalue weighted by atomic mass is 35.5. The fourth-order valence-electron chi connectivity index (χ4n) is 2.30. The molecule has 0 fully saturated rings. The molecule has 0 aliphatic heterocycles. The van der Waals surface area contributed by atoms with E-state index in [-0.39, 0.29) is 6.10 Å². The van der Waals surface area contributed by atoms with E-state index < -0.39 is 0 Å². The van der Waals surface area contributed by atoms with Gasteiger partial charge >= 0.3 is 0 Å². The van der Waals surface area contributed by atoms with Crippen molar-refractivity contribution in [3.63, 3.8) is 0 Å². The minimum atomic E-state index is 0.0792. The van der Waals surface area contributed by atoms with E-state index in [4.69, 9.17) is 27.9 Å². The molecule has 0 aliphatic rings. The van der Waals surface area contributed by atoms with Crippen molar-refractivity contribution in [1.29, 1.82) is 0 Å². The number of aromatic nitrogens is 2. The largest absolute Gasteiger partial charge is 0.489 e. The second-order valence-electron chi connectivity index (χ2n) is 5.46. The third-order valence-corrected chi connectivity index (χ3v) is 3.96. The average Bonchev–Trinajstić information content (AvgIpc) is 2.99. The van der Waals surface area contributed by atoms with Crippen LogP contribution in [-0.4, -0.2) is 16.3 Å². The van der Waals surface area contributed by atoms with E-state index in [0.717, 1.165) is 22.5 Å². The summed E-state index contributed by atoms with van der Waals surface area (Å²) < 4.78 is 5.65. The smallest absolute Gasteiger partial charge is 0.138 e. The normalized spacial score (nSPS) is 11.0. The maximum absolute atomic E-state index is 6.29. The molecule has 1 heterocycles. The summed E-state index contributed by atoms with van der Waals surface area (Å²) >= 11 is 12.5. The van der Waals surface area contributed by atoms with E-state index in [0.29, 0.717) is 15.8 Å². The van der Waals surface area contributed by atoms with Gasteiger partial charge in [-0.05, 0) is 44.2 Å². The van der Waals surface area contributed by atoms with Crippen molar-refractivity contribution >= 4 is 23.2 Å². The van der Waals surface area contributed by atoms with Crippen molar-refractivity contribution in [3.05, 3.63) is 58.6 Å². The monoisotopic (exact) mass is 346 g/mol. The van der Waals surface area contributed by atoms with E-state index in [1.54, 1.807) is 0 Å². The highest BCUT2D eigenvalue weighted by molar-refractivity contribution is 6.33. The zero-order chi connectivity index (χ0) is 16.4. The first kappa shape index (κ1) is 15.9. The molecule has 0 atom stereocenters. The predicted octanol–water partition coefficient (Wildman–Crippen LogP) is 5.84. The van der Waals surface area contributed by atoms with Crippen LogP contribution in [0.25, 0.3) is 22.5 Å². The number of rotatable bonds is 4. The lowest BCUT2D eigenvalue weighted by molar-refractivity contribution is 0.242. The second-order valence-corrected chi connectivity index (χ2v) is 6.27. The van der Waals surface area contributed by atoms with Gasteiger partial charge in [0.15, 0.2) is 0 Å². The summed E-state index contributed by atoms with van der Waals surface area (Å²) in [4.78, 5) is 0.